The smallest absolute Gasteiger partial charge is 0.116 e. The number of aromatic hydroxyl groups is 1. The first-order chi connectivity index (χ1) is 21.1. The van der Waals surface area contributed by atoms with Crippen molar-refractivity contribution >= 4 is 32.3 Å². The molecule has 43 heavy (non-hydrogen) atoms. The lowest BCUT2D eigenvalue weighted by atomic mass is 9.62. The van der Waals surface area contributed by atoms with E-state index in [1.54, 1.807) is 6.07 Å². The molecule has 0 amide bonds. The van der Waals surface area contributed by atoms with Gasteiger partial charge in [0, 0.05) is 11.8 Å². The first kappa shape index (κ1) is 24.3. The van der Waals surface area contributed by atoms with Crippen LogP contribution in [0.1, 0.15) is 16.7 Å². The molecule has 204 valence electrons. The highest BCUT2D eigenvalue weighted by Crippen LogP contribution is 2.61. The zero-order chi connectivity index (χ0) is 28.7. The minimum absolute atomic E-state index is 0.116. The number of allylic oxidation sites excluding steroid dienone is 7. The van der Waals surface area contributed by atoms with Crippen molar-refractivity contribution in [3.63, 3.8) is 0 Å². The molecule has 9 rings (SSSR count). The Kier molecular flexibility index (Phi) is 4.99. The van der Waals surface area contributed by atoms with Crippen LogP contribution < -0.4 is 0 Å². The van der Waals surface area contributed by atoms with Gasteiger partial charge in [-0.2, -0.15) is 0 Å². The van der Waals surface area contributed by atoms with E-state index in [1.807, 2.05) is 24.3 Å². The fourth-order valence-corrected chi connectivity index (χ4v) is 7.92. The van der Waals surface area contributed by atoms with Crippen LogP contribution in [0.5, 0.6) is 5.75 Å². The highest BCUT2D eigenvalue weighted by Gasteiger charge is 2.49. The molecule has 0 bridgehead atoms. The van der Waals surface area contributed by atoms with Gasteiger partial charge in [-0.3, -0.25) is 0 Å². The predicted molar refractivity (Wildman–Crippen MR) is 176 cm³/mol. The summed E-state index contributed by atoms with van der Waals surface area (Å²) in [6, 6.07) is 39.0. The summed E-state index contributed by atoms with van der Waals surface area (Å²) in [6.45, 7) is 0. The second-order valence-electron chi connectivity index (χ2n) is 12.0. The van der Waals surface area contributed by atoms with E-state index in [-0.39, 0.29) is 17.6 Å². The van der Waals surface area contributed by atoms with E-state index >= 15 is 0 Å². The maximum atomic E-state index is 10.3. The minimum atomic E-state index is -0.600. The van der Waals surface area contributed by atoms with Gasteiger partial charge in [0.1, 0.15) is 11.5 Å². The summed E-state index contributed by atoms with van der Waals surface area (Å²) in [5.74, 6) is 0.852. The molecule has 3 aliphatic rings. The SMILES string of the molecule is OC1=CC2C=CC(C3(c4ccc5cc(O)ccc5c4)c4c(ccc5ccccc45)-c4ccc5ccccc5c43)=CC2C=C1. The van der Waals surface area contributed by atoms with Crippen molar-refractivity contribution in [2.75, 3.05) is 0 Å². The number of fused-ring (bicyclic) bond motifs is 9. The molecule has 6 aromatic carbocycles. The van der Waals surface area contributed by atoms with Crippen LogP contribution in [-0.2, 0) is 5.41 Å². The molecule has 6 aromatic rings. The number of phenolic OH excluding ortho intramolecular Hbond substituents is 1. The van der Waals surface area contributed by atoms with E-state index in [0.717, 1.165) is 10.8 Å². The average Bonchev–Trinajstić information content (AvgIpc) is 3.36. The van der Waals surface area contributed by atoms with Gasteiger partial charge in [-0.05, 0) is 96.1 Å². The third-order valence-corrected chi connectivity index (χ3v) is 9.75. The Morgan fingerprint density at radius 2 is 1.09 bits per heavy atom. The monoisotopic (exact) mass is 552 g/mol. The molecule has 0 aliphatic heterocycles. The first-order valence-electron chi connectivity index (χ1n) is 14.9. The number of phenols is 1. The van der Waals surface area contributed by atoms with Crippen LogP contribution in [0, 0.1) is 11.8 Å². The number of aliphatic hydroxyl groups excluding tert-OH is 1. The molecule has 2 heteroatoms. The minimum Gasteiger partial charge on any atom is -0.508 e. The fourth-order valence-electron chi connectivity index (χ4n) is 7.92. The summed E-state index contributed by atoms with van der Waals surface area (Å²) >= 11 is 0. The molecule has 2 unspecified atom stereocenters. The molecule has 3 aliphatic carbocycles. The van der Waals surface area contributed by atoms with Crippen molar-refractivity contribution in [3.8, 4) is 16.9 Å². The van der Waals surface area contributed by atoms with E-state index in [9.17, 15) is 10.2 Å². The Morgan fingerprint density at radius 1 is 0.512 bits per heavy atom. The topological polar surface area (TPSA) is 40.5 Å². The van der Waals surface area contributed by atoms with Gasteiger partial charge >= 0.3 is 0 Å². The molecular formula is C41H28O2. The van der Waals surface area contributed by atoms with Gasteiger partial charge < -0.3 is 10.2 Å². The van der Waals surface area contributed by atoms with Gasteiger partial charge in [0.05, 0.1) is 5.41 Å². The molecule has 0 heterocycles. The lowest BCUT2D eigenvalue weighted by molar-refractivity contribution is 0.416. The Bertz CT molecular complexity index is 2190. The Morgan fingerprint density at radius 3 is 1.81 bits per heavy atom. The van der Waals surface area contributed by atoms with Crippen LogP contribution in [-0.4, -0.2) is 10.2 Å². The molecule has 2 atom stereocenters. The van der Waals surface area contributed by atoms with E-state index in [2.05, 4.69) is 115 Å². The lowest BCUT2D eigenvalue weighted by Crippen LogP contribution is -2.32. The number of rotatable bonds is 2. The van der Waals surface area contributed by atoms with Crippen LogP contribution in [0.15, 0.2) is 157 Å². The summed E-state index contributed by atoms with van der Waals surface area (Å²) in [7, 11) is 0. The number of aliphatic hydroxyl groups is 1. The molecule has 0 saturated heterocycles. The third kappa shape index (κ3) is 3.35. The van der Waals surface area contributed by atoms with Crippen molar-refractivity contribution in [2.24, 2.45) is 11.8 Å². The van der Waals surface area contributed by atoms with Crippen LogP contribution in [0.25, 0.3) is 43.4 Å². The normalized spacial score (nSPS) is 19.6. The number of hydrogen-bond donors (Lipinski definition) is 2. The summed E-state index contributed by atoms with van der Waals surface area (Å²) in [5.41, 5.74) is 6.98. The van der Waals surface area contributed by atoms with Crippen LogP contribution in [0.2, 0.25) is 0 Å². The van der Waals surface area contributed by atoms with E-state index in [4.69, 9.17) is 0 Å². The van der Waals surface area contributed by atoms with E-state index in [1.165, 1.54) is 54.9 Å². The lowest BCUT2D eigenvalue weighted by Gasteiger charge is -2.39. The molecule has 0 saturated carbocycles. The Labute approximate surface area is 249 Å². The van der Waals surface area contributed by atoms with Crippen molar-refractivity contribution < 1.29 is 10.2 Å². The summed E-state index contributed by atoms with van der Waals surface area (Å²) < 4.78 is 0. The van der Waals surface area contributed by atoms with Crippen molar-refractivity contribution in [2.45, 2.75) is 5.41 Å². The van der Waals surface area contributed by atoms with Gasteiger partial charge in [0.25, 0.3) is 0 Å². The standard InChI is InChI=1S/C41H28O2/c42-33-17-11-27-21-31(15-9-29(27)23-33)41(32-16-10-30-24-34(43)18-12-28(30)22-32)39-35-7-3-1-5-25(35)13-19-37(39)38-20-14-26-6-2-4-8-36(26)40(38)41/h1-24,27,29,42-43H. The molecular weight excluding hydrogens is 524 g/mol. The van der Waals surface area contributed by atoms with Gasteiger partial charge in [0.15, 0.2) is 0 Å². The molecule has 2 nitrogen and oxygen atoms in total. The quantitative estimate of drug-likeness (QED) is 0.224. The molecule has 0 aromatic heterocycles. The number of benzene rings is 6. The summed E-state index contributed by atoms with van der Waals surface area (Å²) in [4.78, 5) is 0. The van der Waals surface area contributed by atoms with Gasteiger partial charge in [-0.25, -0.2) is 0 Å². The highest BCUT2D eigenvalue weighted by molar-refractivity contribution is 6.06. The van der Waals surface area contributed by atoms with Crippen molar-refractivity contribution in [3.05, 3.63) is 174 Å². The second kappa shape index (κ2) is 8.83. The van der Waals surface area contributed by atoms with E-state index in [0.29, 0.717) is 5.76 Å². The van der Waals surface area contributed by atoms with Crippen LogP contribution in [0.3, 0.4) is 0 Å². The molecule has 2 N–H and O–H groups in total. The Balaban J connectivity index is 1.48. The van der Waals surface area contributed by atoms with Gasteiger partial charge in [0.2, 0.25) is 0 Å². The highest BCUT2D eigenvalue weighted by atomic mass is 16.3. The van der Waals surface area contributed by atoms with Crippen LogP contribution in [0.4, 0.5) is 0 Å². The van der Waals surface area contributed by atoms with Gasteiger partial charge in [-0.15, -0.1) is 0 Å². The summed E-state index contributed by atoms with van der Waals surface area (Å²) in [5, 5.41) is 27.6. The zero-order valence-electron chi connectivity index (χ0n) is 23.4. The Hall–Kier alpha value is -5.34. The number of hydrogen-bond acceptors (Lipinski definition) is 2. The fraction of sp³-hybridized carbons (Fsp3) is 0.0732. The summed E-state index contributed by atoms with van der Waals surface area (Å²) in [6.07, 6.45) is 12.9. The van der Waals surface area contributed by atoms with Crippen molar-refractivity contribution in [1.82, 2.24) is 0 Å². The molecule has 0 spiro atoms. The maximum Gasteiger partial charge on any atom is 0.116 e. The molecule has 0 fully saturated rings. The second-order valence-corrected chi connectivity index (χ2v) is 12.0. The van der Waals surface area contributed by atoms with Crippen LogP contribution >= 0.6 is 0 Å². The third-order valence-electron chi connectivity index (χ3n) is 9.75. The molecule has 0 radical (unpaired) electrons. The van der Waals surface area contributed by atoms with E-state index < -0.39 is 5.41 Å². The zero-order valence-corrected chi connectivity index (χ0v) is 23.4. The predicted octanol–water partition coefficient (Wildman–Crippen LogP) is 9.91. The van der Waals surface area contributed by atoms with Crippen molar-refractivity contribution in [1.29, 1.82) is 0 Å². The largest absolute Gasteiger partial charge is 0.508 e. The van der Waals surface area contributed by atoms with Gasteiger partial charge in [-0.1, -0.05) is 115 Å². The first-order valence-corrected chi connectivity index (χ1v) is 14.9. The average molecular weight is 553 g/mol. The maximum absolute atomic E-state index is 10.3.